The molecule has 0 fully saturated rings. The zero-order valence-corrected chi connectivity index (χ0v) is 13.1. The van der Waals surface area contributed by atoms with E-state index >= 15 is 0 Å². The van der Waals surface area contributed by atoms with Gasteiger partial charge in [-0.2, -0.15) is 5.10 Å². The van der Waals surface area contributed by atoms with E-state index in [4.69, 9.17) is 0 Å². The topological polar surface area (TPSA) is 55.6 Å². The molecule has 2 heterocycles. The molecule has 0 spiro atoms. The van der Waals surface area contributed by atoms with E-state index in [1.54, 1.807) is 12.7 Å². The SMILES string of the molecule is CC(C)[C@@H](CN[C@H](C)CCn1cncn1)c1cccnc1. The molecular weight excluding hydrogens is 262 g/mol. The standard InChI is InChI=1S/C16H25N5/c1-13(2)16(15-5-4-7-17-9-15)10-19-14(3)6-8-21-12-18-11-20-21/h4-5,7,9,11-14,16,19H,6,8,10H2,1-3H3/t14-,16-/m1/s1. The smallest absolute Gasteiger partial charge is 0.137 e. The molecule has 2 aromatic rings. The van der Waals surface area contributed by atoms with E-state index < -0.39 is 0 Å². The molecule has 5 nitrogen and oxygen atoms in total. The summed E-state index contributed by atoms with van der Waals surface area (Å²) in [7, 11) is 0. The normalized spacial score (nSPS) is 14.3. The van der Waals surface area contributed by atoms with Gasteiger partial charge in [-0.05, 0) is 30.9 Å². The Morgan fingerprint density at radius 3 is 2.71 bits per heavy atom. The summed E-state index contributed by atoms with van der Waals surface area (Å²) in [6, 6.07) is 4.63. The second-order valence-corrected chi connectivity index (χ2v) is 5.89. The van der Waals surface area contributed by atoms with Gasteiger partial charge in [-0.1, -0.05) is 19.9 Å². The van der Waals surface area contributed by atoms with Crippen LogP contribution in [-0.4, -0.2) is 32.3 Å². The average molecular weight is 287 g/mol. The van der Waals surface area contributed by atoms with Crippen LogP contribution in [0.4, 0.5) is 0 Å². The first-order valence-electron chi connectivity index (χ1n) is 7.62. The predicted octanol–water partition coefficient (Wildman–Crippen LogP) is 2.48. The third-order valence-electron chi connectivity index (χ3n) is 3.86. The molecule has 0 amide bonds. The number of pyridine rings is 1. The number of rotatable bonds is 8. The van der Waals surface area contributed by atoms with Crippen LogP contribution in [0.5, 0.6) is 0 Å². The van der Waals surface area contributed by atoms with E-state index in [1.165, 1.54) is 5.56 Å². The third kappa shape index (κ3) is 4.93. The van der Waals surface area contributed by atoms with E-state index in [9.17, 15) is 0 Å². The van der Waals surface area contributed by atoms with Crippen LogP contribution in [0.25, 0.3) is 0 Å². The van der Waals surface area contributed by atoms with Crippen molar-refractivity contribution in [3.8, 4) is 0 Å². The minimum atomic E-state index is 0.451. The number of nitrogens with one attached hydrogen (secondary N) is 1. The minimum Gasteiger partial charge on any atom is -0.314 e. The molecule has 0 aliphatic carbocycles. The highest BCUT2D eigenvalue weighted by Crippen LogP contribution is 2.22. The van der Waals surface area contributed by atoms with Gasteiger partial charge in [0.2, 0.25) is 0 Å². The summed E-state index contributed by atoms with van der Waals surface area (Å²) in [6.07, 6.45) is 8.19. The first kappa shape index (κ1) is 15.6. The summed E-state index contributed by atoms with van der Waals surface area (Å²) in [5, 5.41) is 7.76. The number of aromatic nitrogens is 4. The molecule has 0 saturated heterocycles. The van der Waals surface area contributed by atoms with E-state index in [2.05, 4.69) is 47.2 Å². The zero-order chi connectivity index (χ0) is 15.1. The van der Waals surface area contributed by atoms with Crippen molar-refractivity contribution in [1.82, 2.24) is 25.1 Å². The molecule has 1 N–H and O–H groups in total. The quantitative estimate of drug-likeness (QED) is 0.810. The predicted molar refractivity (Wildman–Crippen MR) is 83.9 cm³/mol. The van der Waals surface area contributed by atoms with Crippen LogP contribution in [0.15, 0.2) is 37.2 Å². The Morgan fingerprint density at radius 1 is 1.24 bits per heavy atom. The molecule has 21 heavy (non-hydrogen) atoms. The largest absolute Gasteiger partial charge is 0.314 e. The maximum atomic E-state index is 4.24. The van der Waals surface area contributed by atoms with Gasteiger partial charge in [0, 0.05) is 37.4 Å². The number of aryl methyl sites for hydroxylation is 1. The molecule has 5 heteroatoms. The van der Waals surface area contributed by atoms with Crippen molar-refractivity contribution in [2.24, 2.45) is 5.92 Å². The number of hydrogen-bond acceptors (Lipinski definition) is 4. The lowest BCUT2D eigenvalue weighted by atomic mass is 9.89. The van der Waals surface area contributed by atoms with Gasteiger partial charge in [0.05, 0.1) is 0 Å². The lowest BCUT2D eigenvalue weighted by molar-refractivity contribution is 0.403. The Labute approximate surface area is 126 Å². The van der Waals surface area contributed by atoms with Crippen molar-refractivity contribution in [3.63, 3.8) is 0 Å². The van der Waals surface area contributed by atoms with E-state index in [0.717, 1.165) is 19.5 Å². The summed E-state index contributed by atoms with van der Waals surface area (Å²) < 4.78 is 1.87. The molecule has 0 bridgehead atoms. The summed E-state index contributed by atoms with van der Waals surface area (Å²) in [6.45, 7) is 8.62. The molecular formula is C16H25N5. The molecule has 2 rings (SSSR count). The van der Waals surface area contributed by atoms with E-state index in [0.29, 0.717) is 17.9 Å². The van der Waals surface area contributed by atoms with Crippen LogP contribution in [-0.2, 0) is 6.54 Å². The third-order valence-corrected chi connectivity index (χ3v) is 3.86. The fourth-order valence-electron chi connectivity index (χ4n) is 2.44. The Kier molecular flexibility index (Phi) is 5.87. The van der Waals surface area contributed by atoms with Crippen molar-refractivity contribution >= 4 is 0 Å². The van der Waals surface area contributed by atoms with E-state index in [-0.39, 0.29) is 0 Å². The highest BCUT2D eigenvalue weighted by molar-refractivity contribution is 5.15. The van der Waals surface area contributed by atoms with Crippen molar-refractivity contribution in [3.05, 3.63) is 42.7 Å². The van der Waals surface area contributed by atoms with Crippen LogP contribution >= 0.6 is 0 Å². The van der Waals surface area contributed by atoms with Crippen LogP contribution < -0.4 is 5.32 Å². The Hall–Kier alpha value is -1.75. The monoisotopic (exact) mass is 287 g/mol. The van der Waals surface area contributed by atoms with Gasteiger partial charge in [0.1, 0.15) is 12.7 Å². The van der Waals surface area contributed by atoms with Gasteiger partial charge in [-0.25, -0.2) is 4.98 Å². The lowest BCUT2D eigenvalue weighted by Gasteiger charge is -2.24. The second kappa shape index (κ2) is 7.88. The maximum absolute atomic E-state index is 4.24. The first-order valence-corrected chi connectivity index (χ1v) is 7.62. The molecule has 0 saturated carbocycles. The summed E-state index contributed by atoms with van der Waals surface area (Å²) in [4.78, 5) is 8.20. The van der Waals surface area contributed by atoms with Gasteiger partial charge in [-0.15, -0.1) is 0 Å². The van der Waals surface area contributed by atoms with Gasteiger partial charge >= 0.3 is 0 Å². The van der Waals surface area contributed by atoms with Crippen LogP contribution in [0.1, 0.15) is 38.7 Å². The summed E-state index contributed by atoms with van der Waals surface area (Å²) >= 11 is 0. The van der Waals surface area contributed by atoms with Gasteiger partial charge in [0.15, 0.2) is 0 Å². The summed E-state index contributed by atoms with van der Waals surface area (Å²) in [5.41, 5.74) is 1.31. The van der Waals surface area contributed by atoms with Crippen molar-refractivity contribution < 1.29 is 0 Å². The molecule has 0 aromatic carbocycles. The van der Waals surface area contributed by atoms with Crippen LogP contribution in [0, 0.1) is 5.92 Å². The molecule has 0 radical (unpaired) electrons. The van der Waals surface area contributed by atoms with Gasteiger partial charge in [0.25, 0.3) is 0 Å². The summed E-state index contributed by atoms with van der Waals surface area (Å²) in [5.74, 6) is 1.08. The fraction of sp³-hybridized carbons (Fsp3) is 0.562. The number of hydrogen-bond donors (Lipinski definition) is 1. The maximum Gasteiger partial charge on any atom is 0.137 e. The zero-order valence-electron chi connectivity index (χ0n) is 13.1. The molecule has 2 atom stereocenters. The Morgan fingerprint density at radius 2 is 2.10 bits per heavy atom. The first-order chi connectivity index (χ1) is 10.2. The van der Waals surface area contributed by atoms with E-state index in [1.807, 2.05) is 23.1 Å². The highest BCUT2D eigenvalue weighted by Gasteiger charge is 2.16. The molecule has 114 valence electrons. The van der Waals surface area contributed by atoms with Gasteiger partial charge in [-0.3, -0.25) is 9.67 Å². The van der Waals surface area contributed by atoms with Crippen LogP contribution in [0.2, 0.25) is 0 Å². The molecule has 0 aliphatic rings. The second-order valence-electron chi connectivity index (χ2n) is 5.89. The highest BCUT2D eigenvalue weighted by atomic mass is 15.3. The van der Waals surface area contributed by atoms with Gasteiger partial charge < -0.3 is 5.32 Å². The van der Waals surface area contributed by atoms with Crippen molar-refractivity contribution in [1.29, 1.82) is 0 Å². The van der Waals surface area contributed by atoms with Crippen LogP contribution in [0.3, 0.4) is 0 Å². The average Bonchev–Trinajstić information content (AvgIpc) is 2.99. The van der Waals surface area contributed by atoms with Crippen molar-refractivity contribution in [2.45, 2.75) is 45.7 Å². The Bertz CT molecular complexity index is 495. The number of nitrogens with zero attached hydrogens (tertiary/aromatic N) is 4. The molecule has 0 unspecified atom stereocenters. The molecule has 2 aromatic heterocycles. The minimum absolute atomic E-state index is 0.451. The van der Waals surface area contributed by atoms with Crippen molar-refractivity contribution in [2.75, 3.05) is 6.54 Å². The molecule has 0 aliphatic heterocycles. The fourth-order valence-corrected chi connectivity index (χ4v) is 2.44. The Balaban J connectivity index is 1.81. The lowest BCUT2D eigenvalue weighted by Crippen LogP contribution is -2.33.